The van der Waals surface area contributed by atoms with E-state index in [9.17, 15) is 22.8 Å². The summed E-state index contributed by atoms with van der Waals surface area (Å²) in [6.45, 7) is 6.62. The van der Waals surface area contributed by atoms with E-state index in [-0.39, 0.29) is 18.9 Å². The second-order valence-electron chi connectivity index (χ2n) is 5.54. The standard InChI is InChI=1S/C14H20F3NO4/c1-5-21-13(20)22-10-9(6-7(2)3)8(4)12(19)18-11(10)14(15,16)17/h7-9H,5-6H2,1-4H3,(H,18,19). The predicted octanol–water partition coefficient (Wildman–Crippen LogP) is 3.36. The maximum Gasteiger partial charge on any atom is 0.513 e. The van der Waals surface area contributed by atoms with Crippen molar-refractivity contribution in [2.45, 2.75) is 40.3 Å². The molecule has 0 aromatic rings. The minimum Gasteiger partial charge on any atom is -0.434 e. The van der Waals surface area contributed by atoms with Crippen molar-refractivity contribution in [3.8, 4) is 0 Å². The lowest BCUT2D eigenvalue weighted by Crippen LogP contribution is -2.45. The lowest BCUT2D eigenvalue weighted by Gasteiger charge is -2.33. The number of ether oxygens (including phenoxy) is 2. The van der Waals surface area contributed by atoms with Gasteiger partial charge in [0.15, 0.2) is 5.70 Å². The van der Waals surface area contributed by atoms with E-state index in [1.165, 1.54) is 13.8 Å². The van der Waals surface area contributed by atoms with E-state index in [1.807, 2.05) is 13.8 Å². The van der Waals surface area contributed by atoms with Crippen LogP contribution < -0.4 is 5.32 Å². The van der Waals surface area contributed by atoms with Crippen molar-refractivity contribution in [2.24, 2.45) is 17.8 Å². The van der Waals surface area contributed by atoms with Gasteiger partial charge in [0, 0.05) is 11.8 Å². The Morgan fingerprint density at radius 3 is 2.41 bits per heavy atom. The number of nitrogens with one attached hydrogen (secondary N) is 1. The molecule has 1 rings (SSSR count). The van der Waals surface area contributed by atoms with Crippen LogP contribution in [0, 0.1) is 17.8 Å². The van der Waals surface area contributed by atoms with E-state index in [1.54, 1.807) is 5.32 Å². The van der Waals surface area contributed by atoms with E-state index < -0.39 is 41.5 Å². The summed E-state index contributed by atoms with van der Waals surface area (Å²) in [6.07, 6.45) is -5.76. The molecule has 22 heavy (non-hydrogen) atoms. The Hall–Kier alpha value is -1.73. The number of carbonyl (C=O) groups excluding carboxylic acids is 2. The van der Waals surface area contributed by atoms with Crippen LogP contribution in [0.15, 0.2) is 11.5 Å². The van der Waals surface area contributed by atoms with Crippen LogP contribution in [0.4, 0.5) is 18.0 Å². The smallest absolute Gasteiger partial charge is 0.434 e. The topological polar surface area (TPSA) is 64.6 Å². The van der Waals surface area contributed by atoms with Crippen molar-refractivity contribution in [3.63, 3.8) is 0 Å². The quantitative estimate of drug-likeness (QED) is 0.806. The second kappa shape index (κ2) is 7.02. The van der Waals surface area contributed by atoms with Crippen LogP contribution in [0.25, 0.3) is 0 Å². The highest BCUT2D eigenvalue weighted by molar-refractivity contribution is 5.82. The Morgan fingerprint density at radius 2 is 1.95 bits per heavy atom. The van der Waals surface area contributed by atoms with Crippen molar-refractivity contribution in [3.05, 3.63) is 11.5 Å². The Labute approximate surface area is 126 Å². The molecule has 0 aliphatic carbocycles. The van der Waals surface area contributed by atoms with Crippen LogP contribution in [0.5, 0.6) is 0 Å². The number of rotatable bonds is 4. The lowest BCUT2D eigenvalue weighted by molar-refractivity contribution is -0.135. The van der Waals surface area contributed by atoms with Crippen molar-refractivity contribution in [2.75, 3.05) is 6.61 Å². The number of halogens is 3. The fourth-order valence-corrected chi connectivity index (χ4v) is 2.29. The van der Waals surface area contributed by atoms with Gasteiger partial charge in [-0.2, -0.15) is 13.2 Å². The van der Waals surface area contributed by atoms with E-state index in [0.717, 1.165) is 0 Å². The molecular weight excluding hydrogens is 303 g/mol. The van der Waals surface area contributed by atoms with Gasteiger partial charge < -0.3 is 14.8 Å². The maximum absolute atomic E-state index is 13.1. The summed E-state index contributed by atoms with van der Waals surface area (Å²) < 4.78 is 48.7. The summed E-state index contributed by atoms with van der Waals surface area (Å²) in [6, 6.07) is 0. The van der Waals surface area contributed by atoms with Gasteiger partial charge in [-0.15, -0.1) is 0 Å². The van der Waals surface area contributed by atoms with Gasteiger partial charge in [0.2, 0.25) is 5.91 Å². The molecule has 0 spiro atoms. The van der Waals surface area contributed by atoms with Gasteiger partial charge in [0.05, 0.1) is 6.61 Å². The first kappa shape index (κ1) is 18.3. The molecule has 0 aromatic heterocycles. The molecule has 0 saturated carbocycles. The van der Waals surface area contributed by atoms with E-state index >= 15 is 0 Å². The first-order valence-electron chi connectivity index (χ1n) is 7.04. The summed E-state index contributed by atoms with van der Waals surface area (Å²) in [5.74, 6) is -2.87. The average Bonchev–Trinajstić information content (AvgIpc) is 2.36. The first-order chi connectivity index (χ1) is 10.1. The van der Waals surface area contributed by atoms with Crippen molar-refractivity contribution >= 4 is 12.1 Å². The van der Waals surface area contributed by atoms with Crippen LogP contribution in [-0.2, 0) is 14.3 Å². The molecule has 2 atom stereocenters. The highest BCUT2D eigenvalue weighted by Crippen LogP contribution is 2.39. The first-order valence-corrected chi connectivity index (χ1v) is 7.04. The van der Waals surface area contributed by atoms with Gasteiger partial charge in [-0.3, -0.25) is 4.79 Å². The molecule has 1 heterocycles. The SMILES string of the molecule is CCOC(=O)OC1=C(C(F)(F)F)NC(=O)C(C)C1CC(C)C. The number of hydrogen-bond donors (Lipinski definition) is 1. The molecule has 0 fully saturated rings. The van der Waals surface area contributed by atoms with Gasteiger partial charge in [0.25, 0.3) is 0 Å². The molecule has 0 bridgehead atoms. The van der Waals surface area contributed by atoms with Crippen LogP contribution >= 0.6 is 0 Å². The van der Waals surface area contributed by atoms with E-state index in [4.69, 9.17) is 4.74 Å². The van der Waals surface area contributed by atoms with Gasteiger partial charge in [0.1, 0.15) is 5.76 Å². The zero-order valence-corrected chi connectivity index (χ0v) is 12.9. The third-order valence-electron chi connectivity index (χ3n) is 3.31. The van der Waals surface area contributed by atoms with Gasteiger partial charge in [-0.25, -0.2) is 4.79 Å². The van der Waals surface area contributed by atoms with Crippen molar-refractivity contribution in [1.29, 1.82) is 0 Å². The van der Waals surface area contributed by atoms with Crippen LogP contribution in [0.3, 0.4) is 0 Å². The Bertz CT molecular complexity index is 471. The molecule has 1 amide bonds. The summed E-state index contributed by atoms with van der Waals surface area (Å²) in [4.78, 5) is 23.2. The number of alkyl halides is 3. The molecule has 1 aliphatic heterocycles. The molecule has 126 valence electrons. The lowest BCUT2D eigenvalue weighted by atomic mass is 9.81. The van der Waals surface area contributed by atoms with Crippen LogP contribution in [-0.4, -0.2) is 24.8 Å². The number of allylic oxidation sites excluding steroid dienone is 2. The second-order valence-corrected chi connectivity index (χ2v) is 5.54. The molecule has 0 aromatic carbocycles. The minimum atomic E-state index is -4.83. The highest BCUT2D eigenvalue weighted by atomic mass is 19.4. The van der Waals surface area contributed by atoms with Gasteiger partial charge in [-0.1, -0.05) is 20.8 Å². The molecule has 5 nitrogen and oxygen atoms in total. The number of hydrogen-bond acceptors (Lipinski definition) is 4. The molecular formula is C14H20F3NO4. The Kier molecular flexibility index (Phi) is 5.85. The monoisotopic (exact) mass is 323 g/mol. The summed E-state index contributed by atoms with van der Waals surface area (Å²) in [5.41, 5.74) is -1.32. The van der Waals surface area contributed by atoms with Crippen molar-refractivity contribution < 1.29 is 32.2 Å². The summed E-state index contributed by atoms with van der Waals surface area (Å²) in [7, 11) is 0. The Morgan fingerprint density at radius 1 is 1.36 bits per heavy atom. The molecule has 0 radical (unpaired) electrons. The third kappa shape index (κ3) is 4.38. The maximum atomic E-state index is 13.1. The molecule has 1 N–H and O–H groups in total. The normalized spacial score (nSPS) is 22.6. The minimum absolute atomic E-state index is 0.0219. The van der Waals surface area contributed by atoms with Crippen LogP contribution in [0.1, 0.15) is 34.1 Å². The fraction of sp³-hybridized carbons (Fsp3) is 0.714. The van der Waals surface area contributed by atoms with E-state index in [2.05, 4.69) is 4.74 Å². The fourth-order valence-electron chi connectivity index (χ4n) is 2.29. The predicted molar refractivity (Wildman–Crippen MR) is 71.4 cm³/mol. The zero-order valence-electron chi connectivity index (χ0n) is 12.9. The van der Waals surface area contributed by atoms with Crippen molar-refractivity contribution in [1.82, 2.24) is 5.32 Å². The molecule has 8 heteroatoms. The summed E-state index contributed by atoms with van der Waals surface area (Å²) in [5, 5.41) is 1.79. The number of carbonyl (C=O) groups is 2. The summed E-state index contributed by atoms with van der Waals surface area (Å²) >= 11 is 0. The third-order valence-corrected chi connectivity index (χ3v) is 3.31. The van der Waals surface area contributed by atoms with E-state index in [0.29, 0.717) is 0 Å². The average molecular weight is 323 g/mol. The largest absolute Gasteiger partial charge is 0.513 e. The molecule has 2 unspecified atom stereocenters. The Balaban J connectivity index is 3.28. The highest BCUT2D eigenvalue weighted by Gasteiger charge is 2.47. The zero-order chi connectivity index (χ0) is 17.1. The van der Waals surface area contributed by atoms with Crippen LogP contribution in [0.2, 0.25) is 0 Å². The molecule has 1 aliphatic rings. The number of amides is 1. The van der Waals surface area contributed by atoms with Gasteiger partial charge in [-0.05, 0) is 19.3 Å². The molecule has 0 saturated heterocycles. The van der Waals surface area contributed by atoms with Gasteiger partial charge >= 0.3 is 12.3 Å².